The number of carbonyl (C=O) groups is 1. The molecule has 0 radical (unpaired) electrons. The van der Waals surface area contributed by atoms with Gasteiger partial charge in [0.15, 0.2) is 0 Å². The van der Waals surface area contributed by atoms with Gasteiger partial charge in [0.25, 0.3) is 0 Å². The molecule has 6 rings (SSSR count). The largest absolute Gasteiger partial charge is 0.480 e. The number of aromatic amines is 1. The average molecular weight is 447 g/mol. The molecule has 1 aromatic carbocycles. The van der Waals surface area contributed by atoms with Crippen molar-refractivity contribution >= 4 is 33.9 Å². The maximum atomic E-state index is 12.2. The number of H-pyrrole nitrogens is 1. The fourth-order valence-corrected chi connectivity index (χ4v) is 5.36. The number of fused-ring (bicyclic) bond motifs is 2. The van der Waals surface area contributed by atoms with Crippen molar-refractivity contribution in [2.45, 2.75) is 44.2 Å². The second-order valence-electron chi connectivity index (χ2n) is 9.29. The molecule has 1 aliphatic heterocycles. The molecular weight excluding hydrogens is 420 g/mol. The Morgan fingerprint density at radius 2 is 2.12 bits per heavy atom. The van der Waals surface area contributed by atoms with Crippen LogP contribution in [0.25, 0.3) is 33.2 Å². The van der Waals surface area contributed by atoms with Gasteiger partial charge in [-0.05, 0) is 43.9 Å². The molecule has 0 atom stereocenters. The number of hydrogen-bond acceptors (Lipinski definition) is 7. The van der Waals surface area contributed by atoms with Crippen LogP contribution in [0, 0.1) is 0 Å². The first kappa shape index (κ1) is 20.0. The Hall–Kier alpha value is -3.69. The molecule has 1 saturated heterocycles. The highest BCUT2D eigenvalue weighted by atomic mass is 16.5. The van der Waals surface area contributed by atoms with Gasteiger partial charge in [-0.25, -0.2) is 4.68 Å². The van der Waals surface area contributed by atoms with Gasteiger partial charge in [0.05, 0.1) is 18.0 Å². The zero-order valence-corrected chi connectivity index (χ0v) is 18.9. The summed E-state index contributed by atoms with van der Waals surface area (Å²) in [6.45, 7) is 3.04. The lowest BCUT2D eigenvalue weighted by molar-refractivity contribution is -0.136. The number of nitrogens with one attached hydrogen (secondary N) is 2. The van der Waals surface area contributed by atoms with Crippen molar-refractivity contribution < 1.29 is 9.53 Å². The topological polar surface area (TPSA) is 114 Å². The van der Waals surface area contributed by atoms with Gasteiger partial charge in [-0.15, -0.1) is 5.10 Å². The van der Waals surface area contributed by atoms with E-state index < -0.39 is 0 Å². The minimum Gasteiger partial charge on any atom is -0.480 e. The van der Waals surface area contributed by atoms with Gasteiger partial charge < -0.3 is 19.9 Å². The standard InChI is InChI=1S/C23H26N8O2/c1-23(31-8-4-5-18(31)32)10-14(11-23)25-22-26-20-19(21(27-22)33-3)15(12-24-20)13-6-7-16-17(9-13)30(2)29-28-16/h6-7,9,12,14H,4-5,8,10-11H2,1-3H3,(H2,24,25,26,27)/t14-,23-. The summed E-state index contributed by atoms with van der Waals surface area (Å²) < 4.78 is 7.42. The number of ether oxygens (including phenoxy) is 1. The van der Waals surface area contributed by atoms with Gasteiger partial charge in [-0.1, -0.05) is 11.3 Å². The summed E-state index contributed by atoms with van der Waals surface area (Å²) in [6, 6.07) is 6.25. The number of rotatable bonds is 5. The van der Waals surface area contributed by atoms with E-state index in [9.17, 15) is 4.79 Å². The number of carbonyl (C=O) groups excluding carboxylic acids is 1. The first-order chi connectivity index (χ1) is 15.9. The molecule has 10 heteroatoms. The Bertz CT molecular complexity index is 1380. The number of anilines is 1. The number of hydrogen-bond donors (Lipinski definition) is 2. The number of likely N-dealkylation sites (tertiary alicyclic amines) is 1. The molecule has 3 aromatic heterocycles. The molecule has 1 saturated carbocycles. The van der Waals surface area contributed by atoms with E-state index in [1.165, 1.54) is 0 Å². The fraction of sp³-hybridized carbons (Fsp3) is 0.435. The molecule has 170 valence electrons. The number of benzene rings is 1. The molecule has 1 amide bonds. The molecule has 1 aliphatic carbocycles. The van der Waals surface area contributed by atoms with Gasteiger partial charge >= 0.3 is 0 Å². The second kappa shape index (κ2) is 7.16. The summed E-state index contributed by atoms with van der Waals surface area (Å²) in [5.74, 6) is 1.31. The van der Waals surface area contributed by atoms with Crippen LogP contribution in [0.3, 0.4) is 0 Å². The highest BCUT2D eigenvalue weighted by Gasteiger charge is 2.48. The molecule has 2 N–H and O–H groups in total. The SMILES string of the molecule is COc1nc(N[C@H]2C[C@](C)(N3CCCC3=O)C2)nc2[nH]cc(-c3ccc4nnn(C)c4c3)c12. The summed E-state index contributed by atoms with van der Waals surface area (Å²) in [7, 11) is 3.50. The predicted octanol–water partition coefficient (Wildman–Crippen LogP) is 2.87. The van der Waals surface area contributed by atoms with Crippen LogP contribution in [0.4, 0.5) is 5.95 Å². The van der Waals surface area contributed by atoms with E-state index in [1.807, 2.05) is 30.3 Å². The fourth-order valence-electron chi connectivity index (χ4n) is 5.36. The lowest BCUT2D eigenvalue weighted by atomic mass is 9.73. The minimum atomic E-state index is -0.0711. The van der Waals surface area contributed by atoms with Crippen molar-refractivity contribution in [1.82, 2.24) is 34.8 Å². The van der Waals surface area contributed by atoms with Crippen LogP contribution in [0.1, 0.15) is 32.6 Å². The molecular formula is C23H26N8O2. The molecule has 0 unspecified atom stereocenters. The number of aryl methyl sites for hydroxylation is 1. The zero-order valence-electron chi connectivity index (χ0n) is 18.9. The van der Waals surface area contributed by atoms with E-state index in [4.69, 9.17) is 9.72 Å². The van der Waals surface area contributed by atoms with E-state index in [0.29, 0.717) is 23.9 Å². The zero-order chi connectivity index (χ0) is 22.7. The van der Waals surface area contributed by atoms with Gasteiger partial charge in [-0.2, -0.15) is 9.97 Å². The van der Waals surface area contributed by atoms with Crippen molar-refractivity contribution in [3.05, 3.63) is 24.4 Å². The van der Waals surface area contributed by atoms with Crippen LogP contribution in [-0.4, -0.2) is 66.0 Å². The van der Waals surface area contributed by atoms with Crippen molar-refractivity contribution in [2.75, 3.05) is 19.0 Å². The summed E-state index contributed by atoms with van der Waals surface area (Å²) >= 11 is 0. The maximum absolute atomic E-state index is 12.2. The number of amides is 1. The lowest BCUT2D eigenvalue weighted by Crippen LogP contribution is -2.59. The highest BCUT2D eigenvalue weighted by Crippen LogP contribution is 2.42. The number of methoxy groups -OCH3 is 1. The van der Waals surface area contributed by atoms with Crippen LogP contribution in [0.5, 0.6) is 5.88 Å². The Balaban J connectivity index is 1.28. The predicted molar refractivity (Wildman–Crippen MR) is 124 cm³/mol. The molecule has 0 bridgehead atoms. The van der Waals surface area contributed by atoms with Crippen molar-refractivity contribution in [3.63, 3.8) is 0 Å². The normalized spacial score (nSPS) is 22.8. The van der Waals surface area contributed by atoms with E-state index in [2.05, 4.69) is 38.6 Å². The minimum absolute atomic E-state index is 0.0711. The van der Waals surface area contributed by atoms with E-state index in [0.717, 1.165) is 53.4 Å². The summed E-state index contributed by atoms with van der Waals surface area (Å²) in [6.07, 6.45) is 5.33. The van der Waals surface area contributed by atoms with Gasteiger partial charge in [0.2, 0.25) is 17.7 Å². The van der Waals surface area contributed by atoms with Crippen molar-refractivity contribution in [3.8, 4) is 17.0 Å². The van der Waals surface area contributed by atoms with Gasteiger partial charge in [0, 0.05) is 43.4 Å². The summed E-state index contributed by atoms with van der Waals surface area (Å²) in [5, 5.41) is 12.5. The third-order valence-electron chi connectivity index (χ3n) is 7.04. The molecule has 0 spiro atoms. The van der Waals surface area contributed by atoms with Crippen molar-refractivity contribution in [2.24, 2.45) is 7.05 Å². The number of nitrogens with zero attached hydrogens (tertiary/aromatic N) is 6. The molecule has 33 heavy (non-hydrogen) atoms. The Morgan fingerprint density at radius 1 is 1.27 bits per heavy atom. The third kappa shape index (κ3) is 3.12. The Morgan fingerprint density at radius 3 is 2.88 bits per heavy atom. The first-order valence-corrected chi connectivity index (χ1v) is 11.3. The van der Waals surface area contributed by atoms with Gasteiger partial charge in [-0.3, -0.25) is 4.79 Å². The number of aromatic nitrogens is 6. The monoisotopic (exact) mass is 446 g/mol. The Kier molecular flexibility index (Phi) is 4.33. The molecule has 10 nitrogen and oxygen atoms in total. The van der Waals surface area contributed by atoms with E-state index in [-0.39, 0.29) is 17.5 Å². The quantitative estimate of drug-likeness (QED) is 0.484. The maximum Gasteiger partial charge on any atom is 0.228 e. The van der Waals surface area contributed by atoms with Crippen molar-refractivity contribution in [1.29, 1.82) is 0 Å². The summed E-state index contributed by atoms with van der Waals surface area (Å²) in [5.41, 5.74) is 4.40. The second-order valence-corrected chi connectivity index (χ2v) is 9.29. The van der Waals surface area contributed by atoms with E-state index in [1.54, 1.807) is 11.8 Å². The van der Waals surface area contributed by atoms with Crippen LogP contribution in [0.2, 0.25) is 0 Å². The molecule has 2 fully saturated rings. The van der Waals surface area contributed by atoms with Crippen LogP contribution < -0.4 is 10.1 Å². The summed E-state index contributed by atoms with van der Waals surface area (Å²) in [4.78, 5) is 26.8. The van der Waals surface area contributed by atoms with Crippen LogP contribution in [0.15, 0.2) is 24.4 Å². The van der Waals surface area contributed by atoms with E-state index >= 15 is 0 Å². The van der Waals surface area contributed by atoms with Gasteiger partial charge in [0.1, 0.15) is 11.2 Å². The Labute approximate surface area is 190 Å². The lowest BCUT2D eigenvalue weighted by Gasteiger charge is -2.51. The molecule has 4 aromatic rings. The molecule has 4 heterocycles. The smallest absolute Gasteiger partial charge is 0.228 e. The van der Waals surface area contributed by atoms with Crippen LogP contribution >= 0.6 is 0 Å². The van der Waals surface area contributed by atoms with Crippen LogP contribution in [-0.2, 0) is 11.8 Å². The first-order valence-electron chi connectivity index (χ1n) is 11.3. The molecule has 2 aliphatic rings. The average Bonchev–Trinajstić information content (AvgIpc) is 3.50. The highest BCUT2D eigenvalue weighted by molar-refractivity contribution is 5.99. The third-order valence-corrected chi connectivity index (χ3v) is 7.04.